The molecule has 0 fully saturated rings. The van der Waals surface area contributed by atoms with Gasteiger partial charge in [-0.3, -0.25) is 20.1 Å². The molecule has 0 bridgehead atoms. The molecule has 2 N–H and O–H groups in total. The summed E-state index contributed by atoms with van der Waals surface area (Å²) in [7, 11) is 0. The van der Waals surface area contributed by atoms with Gasteiger partial charge < -0.3 is 4.98 Å². The van der Waals surface area contributed by atoms with E-state index in [4.69, 9.17) is 4.98 Å². The van der Waals surface area contributed by atoms with Crippen molar-refractivity contribution in [1.82, 2.24) is 35.1 Å². The number of hydrogen-bond acceptors (Lipinski definition) is 6. The predicted molar refractivity (Wildman–Crippen MR) is 113 cm³/mol. The fourth-order valence-electron chi connectivity index (χ4n) is 3.44. The van der Waals surface area contributed by atoms with E-state index < -0.39 is 0 Å². The molecule has 0 unspecified atom stereocenters. The Hall–Kier alpha value is -3.91. The van der Waals surface area contributed by atoms with Crippen molar-refractivity contribution in [2.24, 2.45) is 0 Å². The lowest BCUT2D eigenvalue weighted by Gasteiger charge is -2.00. The maximum absolute atomic E-state index is 4.84. The van der Waals surface area contributed by atoms with Crippen molar-refractivity contribution in [3.05, 3.63) is 65.9 Å². The van der Waals surface area contributed by atoms with Crippen molar-refractivity contribution in [3.63, 3.8) is 0 Å². The van der Waals surface area contributed by atoms with Crippen molar-refractivity contribution in [1.29, 1.82) is 0 Å². The summed E-state index contributed by atoms with van der Waals surface area (Å²) < 4.78 is 0. The third-order valence-electron chi connectivity index (χ3n) is 4.84. The monoisotopic (exact) mass is 395 g/mol. The van der Waals surface area contributed by atoms with Gasteiger partial charge in [-0.2, -0.15) is 16.4 Å². The van der Waals surface area contributed by atoms with Crippen molar-refractivity contribution >= 4 is 33.3 Å². The highest BCUT2D eigenvalue weighted by Crippen LogP contribution is 2.31. The molecule has 0 amide bonds. The van der Waals surface area contributed by atoms with E-state index in [2.05, 4.69) is 41.6 Å². The summed E-state index contributed by atoms with van der Waals surface area (Å²) in [5, 5.41) is 12.6. The zero-order chi connectivity index (χ0) is 19.2. The number of H-pyrrole nitrogens is 2. The highest BCUT2D eigenvalue weighted by molar-refractivity contribution is 7.08. The molecule has 6 aromatic rings. The number of nitrogens with zero attached hydrogens (tertiary/aromatic N) is 5. The molecule has 29 heavy (non-hydrogen) atoms. The minimum atomic E-state index is 0.697. The number of fused-ring (bicyclic) bond motifs is 2. The second-order valence-corrected chi connectivity index (χ2v) is 7.36. The van der Waals surface area contributed by atoms with Crippen molar-refractivity contribution in [3.8, 4) is 34.0 Å². The molecule has 0 saturated carbocycles. The molecule has 0 saturated heterocycles. The van der Waals surface area contributed by atoms with E-state index in [9.17, 15) is 0 Å². The number of rotatable bonds is 3. The summed E-state index contributed by atoms with van der Waals surface area (Å²) in [6.45, 7) is 0. The van der Waals surface area contributed by atoms with E-state index in [0.717, 1.165) is 50.1 Å². The largest absolute Gasteiger partial charge is 0.336 e. The number of imidazole rings is 1. The molecular formula is C21H13N7S. The maximum atomic E-state index is 4.84. The van der Waals surface area contributed by atoms with Crippen LogP contribution in [0.4, 0.5) is 0 Å². The first-order chi connectivity index (χ1) is 14.4. The zero-order valence-corrected chi connectivity index (χ0v) is 15.8. The Morgan fingerprint density at radius 1 is 0.862 bits per heavy atom. The Bertz CT molecular complexity index is 1450. The first-order valence-corrected chi connectivity index (χ1v) is 9.93. The SMILES string of the molecule is c1cc(-c2cc3c(-c4nc5c(-c6ccsc6)nccc5[nH]4)n[nH]c3cn2)ccn1. The predicted octanol–water partition coefficient (Wildman–Crippen LogP) is 4.69. The number of nitrogens with one attached hydrogen (secondary N) is 2. The van der Waals surface area contributed by atoms with Gasteiger partial charge in [-0.05, 0) is 35.7 Å². The van der Waals surface area contributed by atoms with Crippen LogP contribution in [0, 0.1) is 0 Å². The lowest BCUT2D eigenvalue weighted by atomic mass is 10.1. The van der Waals surface area contributed by atoms with Crippen LogP contribution in [0.5, 0.6) is 0 Å². The smallest absolute Gasteiger partial charge is 0.159 e. The average Bonchev–Trinajstić information content (AvgIpc) is 3.52. The molecule has 8 heteroatoms. The van der Waals surface area contributed by atoms with Crippen LogP contribution in [-0.2, 0) is 0 Å². The van der Waals surface area contributed by atoms with Crippen LogP contribution < -0.4 is 0 Å². The molecule has 138 valence electrons. The van der Waals surface area contributed by atoms with Crippen LogP contribution in [0.25, 0.3) is 56.0 Å². The lowest BCUT2D eigenvalue weighted by Crippen LogP contribution is -1.85. The number of aromatic nitrogens is 7. The van der Waals surface area contributed by atoms with Crippen LogP contribution in [0.1, 0.15) is 0 Å². The summed E-state index contributed by atoms with van der Waals surface area (Å²) in [5.74, 6) is 0.697. The van der Waals surface area contributed by atoms with Crippen LogP contribution in [0.2, 0.25) is 0 Å². The van der Waals surface area contributed by atoms with Crippen LogP contribution in [0.3, 0.4) is 0 Å². The van der Waals surface area contributed by atoms with Gasteiger partial charge in [0.2, 0.25) is 0 Å². The van der Waals surface area contributed by atoms with Gasteiger partial charge in [0, 0.05) is 40.5 Å². The molecule has 0 aliphatic heterocycles. The van der Waals surface area contributed by atoms with Crippen LogP contribution in [-0.4, -0.2) is 35.1 Å². The minimum absolute atomic E-state index is 0.697. The first kappa shape index (κ1) is 16.1. The Kier molecular flexibility index (Phi) is 3.50. The zero-order valence-electron chi connectivity index (χ0n) is 15.0. The summed E-state index contributed by atoms with van der Waals surface area (Å²) in [6.07, 6.45) is 7.11. The topological polar surface area (TPSA) is 96.0 Å². The van der Waals surface area contributed by atoms with Gasteiger partial charge in [0.25, 0.3) is 0 Å². The van der Waals surface area contributed by atoms with Gasteiger partial charge in [-0.1, -0.05) is 0 Å². The molecule has 0 atom stereocenters. The molecule has 6 heterocycles. The Balaban J connectivity index is 1.53. The van der Waals surface area contributed by atoms with Gasteiger partial charge in [0.05, 0.1) is 28.6 Å². The Morgan fingerprint density at radius 2 is 1.79 bits per heavy atom. The fourth-order valence-corrected chi connectivity index (χ4v) is 4.08. The maximum Gasteiger partial charge on any atom is 0.159 e. The normalized spacial score (nSPS) is 11.4. The van der Waals surface area contributed by atoms with Gasteiger partial charge in [0.15, 0.2) is 5.82 Å². The van der Waals surface area contributed by atoms with Crippen molar-refractivity contribution in [2.45, 2.75) is 0 Å². The molecule has 6 aromatic heterocycles. The van der Waals surface area contributed by atoms with E-state index in [-0.39, 0.29) is 0 Å². The van der Waals surface area contributed by atoms with E-state index in [0.29, 0.717) is 5.82 Å². The summed E-state index contributed by atoms with van der Waals surface area (Å²) in [4.78, 5) is 21.4. The quantitative estimate of drug-likeness (QED) is 0.453. The van der Waals surface area contributed by atoms with Gasteiger partial charge in [0.1, 0.15) is 11.2 Å². The molecule has 7 nitrogen and oxygen atoms in total. The van der Waals surface area contributed by atoms with Crippen LogP contribution in [0.15, 0.2) is 65.9 Å². The third kappa shape index (κ3) is 2.61. The summed E-state index contributed by atoms with van der Waals surface area (Å²) >= 11 is 1.64. The van der Waals surface area contributed by atoms with E-state index in [1.807, 2.05) is 29.6 Å². The highest BCUT2D eigenvalue weighted by Gasteiger charge is 2.16. The van der Waals surface area contributed by atoms with Crippen molar-refractivity contribution in [2.75, 3.05) is 0 Å². The third-order valence-corrected chi connectivity index (χ3v) is 5.53. The Labute approximate surface area is 168 Å². The highest BCUT2D eigenvalue weighted by atomic mass is 32.1. The second kappa shape index (κ2) is 6.32. The molecule has 0 spiro atoms. The van der Waals surface area contributed by atoms with Gasteiger partial charge in [-0.15, -0.1) is 0 Å². The van der Waals surface area contributed by atoms with Gasteiger partial charge in [-0.25, -0.2) is 4.98 Å². The Morgan fingerprint density at radius 3 is 2.66 bits per heavy atom. The summed E-state index contributed by atoms with van der Waals surface area (Å²) in [6, 6.07) is 9.88. The number of pyridine rings is 3. The van der Waals surface area contributed by atoms with E-state index in [1.165, 1.54) is 0 Å². The molecular weight excluding hydrogens is 382 g/mol. The van der Waals surface area contributed by atoms with Crippen molar-refractivity contribution < 1.29 is 0 Å². The molecule has 6 rings (SSSR count). The standard InChI is InChI=1S/C21H13N7S/c1-5-22-6-2-12(1)16-9-14-17(10-24-16)27-28-19(14)21-25-15-3-7-23-18(20(15)26-21)13-4-8-29-11-13/h1-11H,(H,25,26)(H,27,28). The minimum Gasteiger partial charge on any atom is -0.336 e. The number of hydrogen-bond donors (Lipinski definition) is 2. The number of aromatic amines is 2. The first-order valence-electron chi connectivity index (χ1n) is 8.99. The number of thiophene rings is 1. The molecule has 0 aliphatic carbocycles. The lowest BCUT2D eigenvalue weighted by molar-refractivity contribution is 1.10. The second-order valence-electron chi connectivity index (χ2n) is 6.58. The van der Waals surface area contributed by atoms with Gasteiger partial charge >= 0.3 is 0 Å². The van der Waals surface area contributed by atoms with E-state index in [1.54, 1.807) is 36.1 Å². The molecule has 0 aromatic carbocycles. The average molecular weight is 395 g/mol. The van der Waals surface area contributed by atoms with E-state index >= 15 is 0 Å². The summed E-state index contributed by atoms with van der Waals surface area (Å²) in [5.41, 5.74) is 7.16. The molecule has 0 aliphatic rings. The molecule has 0 radical (unpaired) electrons. The van der Waals surface area contributed by atoms with Crippen LogP contribution >= 0.6 is 11.3 Å². The fraction of sp³-hybridized carbons (Fsp3) is 0.